The number of carbonyl (C=O) groups excluding carboxylic acids is 1. The van der Waals surface area contributed by atoms with Crippen LogP contribution >= 0.6 is 0 Å². The number of para-hydroxylation sites is 1. The van der Waals surface area contributed by atoms with E-state index in [1.807, 2.05) is 6.07 Å². The van der Waals surface area contributed by atoms with Crippen molar-refractivity contribution in [3.05, 3.63) is 88.0 Å². The molecular weight excluding hydrogens is 434 g/mol. The lowest BCUT2D eigenvalue weighted by Crippen LogP contribution is -2.31. The van der Waals surface area contributed by atoms with E-state index in [1.54, 1.807) is 62.0 Å². The van der Waals surface area contributed by atoms with Gasteiger partial charge in [0.05, 0.1) is 30.7 Å². The highest BCUT2D eigenvalue weighted by Gasteiger charge is 2.45. The molecule has 0 spiro atoms. The summed E-state index contributed by atoms with van der Waals surface area (Å²) in [6.07, 6.45) is 5.03. The van der Waals surface area contributed by atoms with E-state index in [2.05, 4.69) is 16.9 Å². The van der Waals surface area contributed by atoms with E-state index < -0.39 is 11.9 Å². The van der Waals surface area contributed by atoms with Gasteiger partial charge >= 0.3 is 0 Å². The first-order valence-electron chi connectivity index (χ1n) is 11.1. The summed E-state index contributed by atoms with van der Waals surface area (Å²) in [7, 11) is 1.56. The van der Waals surface area contributed by atoms with Crippen molar-refractivity contribution < 1.29 is 18.7 Å². The van der Waals surface area contributed by atoms with Gasteiger partial charge in [0, 0.05) is 12.4 Å². The molecule has 2 aromatic heterocycles. The Labute approximate surface area is 195 Å². The predicted molar refractivity (Wildman–Crippen MR) is 127 cm³/mol. The van der Waals surface area contributed by atoms with Crippen LogP contribution in [0.15, 0.2) is 70.1 Å². The molecular formula is C26H23N3O5. The Balaban J connectivity index is 1.70. The summed E-state index contributed by atoms with van der Waals surface area (Å²) < 4.78 is 17.4. The number of carbonyl (C=O) groups is 1. The molecule has 0 bridgehead atoms. The molecule has 1 aliphatic rings. The van der Waals surface area contributed by atoms with Crippen molar-refractivity contribution in [2.45, 2.75) is 25.8 Å². The first-order valence-corrected chi connectivity index (χ1v) is 11.1. The Hall–Kier alpha value is -4.20. The molecule has 1 amide bonds. The third kappa shape index (κ3) is 3.57. The molecule has 5 rings (SSSR count). The summed E-state index contributed by atoms with van der Waals surface area (Å²) in [6, 6.07) is 13.1. The second-order valence-electron chi connectivity index (χ2n) is 7.91. The number of rotatable bonds is 7. The lowest BCUT2D eigenvalue weighted by molar-refractivity contribution is 0.0969. The molecule has 8 nitrogen and oxygen atoms in total. The summed E-state index contributed by atoms with van der Waals surface area (Å²) in [5.41, 5.74) is 0.988. The van der Waals surface area contributed by atoms with Gasteiger partial charge in [0.25, 0.3) is 5.91 Å². The third-order valence-corrected chi connectivity index (χ3v) is 5.80. The van der Waals surface area contributed by atoms with Crippen molar-refractivity contribution in [3.63, 3.8) is 0 Å². The maximum Gasteiger partial charge on any atom is 0.297 e. The van der Waals surface area contributed by atoms with Crippen LogP contribution in [0.25, 0.3) is 11.0 Å². The quantitative estimate of drug-likeness (QED) is 0.377. The zero-order valence-corrected chi connectivity index (χ0v) is 18.9. The molecule has 0 N–H and O–H groups in total. The third-order valence-electron chi connectivity index (χ3n) is 5.80. The Morgan fingerprint density at radius 2 is 1.82 bits per heavy atom. The summed E-state index contributed by atoms with van der Waals surface area (Å²) in [5, 5.41) is 0.404. The molecule has 0 saturated heterocycles. The second kappa shape index (κ2) is 8.97. The van der Waals surface area contributed by atoms with Crippen LogP contribution in [0.4, 0.5) is 5.95 Å². The van der Waals surface area contributed by atoms with Gasteiger partial charge in [-0.2, -0.15) is 0 Å². The highest BCUT2D eigenvalue weighted by Crippen LogP contribution is 2.42. The number of anilines is 1. The Kier molecular flexibility index (Phi) is 5.71. The molecule has 0 fully saturated rings. The van der Waals surface area contributed by atoms with Crippen LogP contribution in [0, 0.1) is 0 Å². The van der Waals surface area contributed by atoms with Crippen LogP contribution in [0.1, 0.15) is 47.5 Å². The number of hydrogen-bond acceptors (Lipinski definition) is 7. The van der Waals surface area contributed by atoms with E-state index in [0.29, 0.717) is 34.6 Å². The highest BCUT2D eigenvalue weighted by atomic mass is 16.5. The number of benzene rings is 2. The molecule has 0 aliphatic carbocycles. The van der Waals surface area contributed by atoms with Gasteiger partial charge in [0.1, 0.15) is 5.58 Å². The average Bonchev–Trinajstić information content (AvgIpc) is 3.17. The van der Waals surface area contributed by atoms with Crippen molar-refractivity contribution in [2.24, 2.45) is 0 Å². The minimum absolute atomic E-state index is 0.0107. The van der Waals surface area contributed by atoms with Gasteiger partial charge in [0.15, 0.2) is 16.9 Å². The van der Waals surface area contributed by atoms with E-state index in [4.69, 9.17) is 13.9 Å². The molecule has 34 heavy (non-hydrogen) atoms. The van der Waals surface area contributed by atoms with E-state index in [9.17, 15) is 9.59 Å². The molecule has 172 valence electrons. The Morgan fingerprint density at radius 3 is 2.59 bits per heavy atom. The second-order valence-corrected chi connectivity index (χ2v) is 7.91. The minimum Gasteiger partial charge on any atom is -0.493 e. The number of nitrogens with zero attached hydrogens (tertiary/aromatic N) is 3. The lowest BCUT2D eigenvalue weighted by atomic mass is 9.98. The molecule has 8 heteroatoms. The Morgan fingerprint density at radius 1 is 1.03 bits per heavy atom. The SMILES string of the molecule is CCCCOc1ccc(C2c3c(oc4ccccc4c3=O)C(=O)N2c2ncccn2)cc1OC. The first kappa shape index (κ1) is 21.6. The minimum atomic E-state index is -0.788. The van der Waals surface area contributed by atoms with E-state index in [1.165, 1.54) is 4.90 Å². The van der Waals surface area contributed by atoms with Crippen LogP contribution < -0.4 is 19.8 Å². The Bertz CT molecular complexity index is 1420. The average molecular weight is 457 g/mol. The summed E-state index contributed by atoms with van der Waals surface area (Å²) in [4.78, 5) is 37.1. The summed E-state index contributed by atoms with van der Waals surface area (Å²) in [6.45, 7) is 2.66. The van der Waals surface area contributed by atoms with Crippen molar-refractivity contribution in [1.29, 1.82) is 0 Å². The number of fused-ring (bicyclic) bond motifs is 2. The van der Waals surface area contributed by atoms with Crippen LogP contribution in [-0.2, 0) is 0 Å². The van der Waals surface area contributed by atoms with E-state index in [0.717, 1.165) is 12.8 Å². The predicted octanol–water partition coefficient (Wildman–Crippen LogP) is 4.52. The topological polar surface area (TPSA) is 94.8 Å². The maximum atomic E-state index is 13.6. The van der Waals surface area contributed by atoms with E-state index in [-0.39, 0.29) is 22.7 Å². The van der Waals surface area contributed by atoms with Gasteiger partial charge in [-0.15, -0.1) is 0 Å². The van der Waals surface area contributed by atoms with Crippen molar-refractivity contribution in [2.75, 3.05) is 18.6 Å². The van der Waals surface area contributed by atoms with Gasteiger partial charge in [-0.3, -0.25) is 14.5 Å². The summed E-state index contributed by atoms with van der Waals surface area (Å²) in [5.74, 6) is 0.792. The first-order chi connectivity index (χ1) is 16.6. The molecule has 1 aliphatic heterocycles. The van der Waals surface area contributed by atoms with Gasteiger partial charge in [0.2, 0.25) is 11.7 Å². The zero-order chi connectivity index (χ0) is 23.7. The van der Waals surface area contributed by atoms with Crippen molar-refractivity contribution in [1.82, 2.24) is 9.97 Å². The normalized spacial score (nSPS) is 14.9. The van der Waals surface area contributed by atoms with Crippen LogP contribution in [0.2, 0.25) is 0 Å². The van der Waals surface area contributed by atoms with Crippen LogP contribution in [0.3, 0.4) is 0 Å². The number of ether oxygens (including phenoxy) is 2. The maximum absolute atomic E-state index is 13.6. The molecule has 4 aromatic rings. The highest BCUT2D eigenvalue weighted by molar-refractivity contribution is 6.09. The van der Waals surface area contributed by atoms with E-state index >= 15 is 0 Å². The number of unbranched alkanes of at least 4 members (excludes halogenated alkanes) is 1. The lowest BCUT2D eigenvalue weighted by Gasteiger charge is -2.23. The van der Waals surface area contributed by atoms with Crippen molar-refractivity contribution >= 4 is 22.8 Å². The van der Waals surface area contributed by atoms with Gasteiger partial charge in [-0.1, -0.05) is 31.5 Å². The van der Waals surface area contributed by atoms with Gasteiger partial charge in [-0.05, 0) is 42.3 Å². The number of amides is 1. The molecule has 0 radical (unpaired) electrons. The monoisotopic (exact) mass is 457 g/mol. The number of aromatic nitrogens is 2. The fourth-order valence-corrected chi connectivity index (χ4v) is 4.16. The smallest absolute Gasteiger partial charge is 0.297 e. The van der Waals surface area contributed by atoms with Crippen molar-refractivity contribution in [3.8, 4) is 11.5 Å². The van der Waals surface area contributed by atoms with Gasteiger partial charge in [-0.25, -0.2) is 9.97 Å². The number of methoxy groups -OCH3 is 1. The molecule has 1 atom stereocenters. The van der Waals surface area contributed by atoms with Gasteiger partial charge < -0.3 is 13.9 Å². The summed E-state index contributed by atoms with van der Waals surface area (Å²) >= 11 is 0. The molecule has 2 aromatic carbocycles. The van der Waals surface area contributed by atoms with Crippen LogP contribution in [0.5, 0.6) is 11.5 Å². The fraction of sp³-hybridized carbons (Fsp3) is 0.231. The standard InChI is InChI=1S/C26H23N3O5/c1-3-4-14-33-19-11-10-16(15-20(19)32-2)22-21-23(30)17-8-5-6-9-18(17)34-24(21)25(31)29(22)26-27-12-7-13-28-26/h5-13,15,22H,3-4,14H2,1-2H3. The van der Waals surface area contributed by atoms with Crippen LogP contribution in [-0.4, -0.2) is 29.6 Å². The fourth-order valence-electron chi connectivity index (χ4n) is 4.16. The molecule has 0 saturated carbocycles. The molecule has 3 heterocycles. The molecule has 1 unspecified atom stereocenters. The largest absolute Gasteiger partial charge is 0.493 e. The zero-order valence-electron chi connectivity index (χ0n) is 18.9. The number of hydrogen-bond donors (Lipinski definition) is 0.